The van der Waals surface area contributed by atoms with Crippen molar-refractivity contribution in [1.29, 1.82) is 0 Å². The van der Waals surface area contributed by atoms with E-state index < -0.39 is 0 Å². The molecule has 0 fully saturated rings. The van der Waals surface area contributed by atoms with Crippen molar-refractivity contribution in [3.63, 3.8) is 0 Å². The predicted molar refractivity (Wildman–Crippen MR) is 227 cm³/mol. The highest BCUT2D eigenvalue weighted by Gasteiger charge is 2.19. The maximum atomic E-state index is 6.33. The Kier molecular flexibility index (Phi) is 7.14. The van der Waals surface area contributed by atoms with Crippen LogP contribution in [0.4, 0.5) is 0 Å². The van der Waals surface area contributed by atoms with Crippen LogP contribution >= 0.6 is 0 Å². The van der Waals surface area contributed by atoms with Crippen molar-refractivity contribution < 1.29 is 4.42 Å². The fourth-order valence-corrected chi connectivity index (χ4v) is 8.15. The molecule has 11 rings (SSSR count). The summed E-state index contributed by atoms with van der Waals surface area (Å²) in [5, 5.41) is 9.19. The average Bonchev–Trinajstić information content (AvgIpc) is 3.65. The number of hydrogen-bond acceptors (Lipinski definition) is 4. The number of hydrogen-bond donors (Lipinski definition) is 0. The first-order valence-corrected chi connectivity index (χ1v) is 18.5. The van der Waals surface area contributed by atoms with Gasteiger partial charge in [0.05, 0.1) is 22.5 Å². The molecule has 0 radical (unpaired) electrons. The Morgan fingerprint density at radius 2 is 0.964 bits per heavy atom. The molecule has 0 atom stereocenters. The predicted octanol–water partition coefficient (Wildman–Crippen LogP) is 13.6. The SMILES string of the molecule is c1ccc(-c2nc(-c3cccc(-c4nc5oc6ccccc6c5c5ccccc45)c3)cc(-c3ccccc3-c3cc4ccccc4c4ccccc34)n2)cc1. The molecule has 0 spiro atoms. The van der Waals surface area contributed by atoms with Crippen molar-refractivity contribution in [2.75, 3.05) is 0 Å². The molecule has 0 N–H and O–H groups in total. The van der Waals surface area contributed by atoms with Gasteiger partial charge >= 0.3 is 0 Å². The Morgan fingerprint density at radius 1 is 0.345 bits per heavy atom. The van der Waals surface area contributed by atoms with E-state index in [0.29, 0.717) is 11.5 Å². The van der Waals surface area contributed by atoms with E-state index in [1.807, 2.05) is 36.4 Å². The molecule has 0 aliphatic rings. The van der Waals surface area contributed by atoms with Crippen LogP contribution in [0.5, 0.6) is 0 Å². The first kappa shape index (κ1) is 31.1. The highest BCUT2D eigenvalue weighted by molar-refractivity contribution is 6.20. The van der Waals surface area contributed by atoms with Gasteiger partial charge in [0.1, 0.15) is 5.58 Å². The van der Waals surface area contributed by atoms with Crippen LogP contribution in [0.1, 0.15) is 0 Å². The molecule has 0 aliphatic carbocycles. The number of nitrogens with zero attached hydrogens (tertiary/aromatic N) is 3. The summed E-state index contributed by atoms with van der Waals surface area (Å²) in [6, 6.07) is 65.7. The zero-order valence-corrected chi connectivity index (χ0v) is 29.6. The second-order valence-electron chi connectivity index (χ2n) is 13.9. The first-order chi connectivity index (χ1) is 27.3. The Labute approximate surface area is 317 Å². The molecule has 0 aliphatic heterocycles. The normalized spacial score (nSPS) is 11.6. The van der Waals surface area contributed by atoms with E-state index in [2.05, 4.69) is 152 Å². The molecule has 3 heterocycles. The number of para-hydroxylation sites is 1. The van der Waals surface area contributed by atoms with E-state index in [4.69, 9.17) is 19.4 Å². The number of pyridine rings is 1. The van der Waals surface area contributed by atoms with Crippen LogP contribution in [0.3, 0.4) is 0 Å². The van der Waals surface area contributed by atoms with Crippen molar-refractivity contribution in [2.24, 2.45) is 0 Å². The average molecular weight is 702 g/mol. The molecule has 0 saturated heterocycles. The van der Waals surface area contributed by atoms with Gasteiger partial charge in [-0.25, -0.2) is 15.0 Å². The van der Waals surface area contributed by atoms with Crippen LogP contribution in [0.2, 0.25) is 0 Å². The van der Waals surface area contributed by atoms with Gasteiger partial charge in [-0.15, -0.1) is 0 Å². The van der Waals surface area contributed by atoms with Gasteiger partial charge in [0.2, 0.25) is 5.71 Å². The van der Waals surface area contributed by atoms with Crippen LogP contribution in [0, 0.1) is 0 Å². The molecule has 0 amide bonds. The second-order valence-corrected chi connectivity index (χ2v) is 13.9. The lowest BCUT2D eigenvalue weighted by Gasteiger charge is -2.16. The number of furan rings is 1. The molecule has 8 aromatic carbocycles. The molecule has 0 bridgehead atoms. The summed E-state index contributed by atoms with van der Waals surface area (Å²) in [6.45, 7) is 0. The summed E-state index contributed by atoms with van der Waals surface area (Å²) in [6.07, 6.45) is 0. The standard InChI is InChI=1S/C51H31N3O/c1-2-15-32(16-3-1)50-52-45(31-46(53-50)40-24-9-8-23-39(40)44-30-33-17-4-5-20-36(33)37-21-6-7-22-38(37)44)34-18-14-19-35(29-34)49-42-26-11-10-25-41(42)48-43-27-12-13-28-47(43)55-51(48)54-49/h1-31H. The Balaban J connectivity index is 1.12. The summed E-state index contributed by atoms with van der Waals surface area (Å²) in [7, 11) is 0. The second kappa shape index (κ2) is 12.6. The number of fused-ring (bicyclic) bond motifs is 8. The quantitative estimate of drug-likeness (QED) is 0.168. The summed E-state index contributed by atoms with van der Waals surface area (Å²) >= 11 is 0. The molecule has 11 aromatic rings. The minimum atomic E-state index is 0.633. The summed E-state index contributed by atoms with van der Waals surface area (Å²) in [5.41, 5.74) is 10.3. The minimum absolute atomic E-state index is 0.633. The van der Waals surface area contributed by atoms with Crippen LogP contribution in [0.25, 0.3) is 111 Å². The largest absolute Gasteiger partial charge is 0.438 e. The van der Waals surface area contributed by atoms with Crippen LogP contribution in [-0.4, -0.2) is 15.0 Å². The van der Waals surface area contributed by atoms with Gasteiger partial charge in [-0.05, 0) is 62.3 Å². The molecule has 0 saturated carbocycles. The van der Waals surface area contributed by atoms with E-state index in [1.165, 1.54) is 27.1 Å². The van der Waals surface area contributed by atoms with E-state index in [9.17, 15) is 0 Å². The lowest BCUT2D eigenvalue weighted by Crippen LogP contribution is -1.97. The fourth-order valence-electron chi connectivity index (χ4n) is 8.15. The third-order valence-corrected chi connectivity index (χ3v) is 10.7. The third-order valence-electron chi connectivity index (χ3n) is 10.7. The lowest BCUT2D eigenvalue weighted by molar-refractivity contribution is 0.655. The van der Waals surface area contributed by atoms with Gasteiger partial charge < -0.3 is 4.42 Å². The van der Waals surface area contributed by atoms with Gasteiger partial charge in [-0.1, -0.05) is 164 Å². The monoisotopic (exact) mass is 701 g/mol. The zero-order valence-electron chi connectivity index (χ0n) is 29.6. The smallest absolute Gasteiger partial charge is 0.228 e. The summed E-state index contributed by atoms with van der Waals surface area (Å²) < 4.78 is 6.33. The molecule has 3 aromatic heterocycles. The van der Waals surface area contributed by atoms with E-state index in [1.54, 1.807) is 0 Å². The summed E-state index contributed by atoms with van der Waals surface area (Å²) in [4.78, 5) is 15.7. The maximum absolute atomic E-state index is 6.33. The third kappa shape index (κ3) is 5.19. The number of rotatable bonds is 5. The first-order valence-electron chi connectivity index (χ1n) is 18.5. The molecule has 256 valence electrons. The zero-order chi connectivity index (χ0) is 36.3. The summed E-state index contributed by atoms with van der Waals surface area (Å²) in [5.74, 6) is 0.670. The van der Waals surface area contributed by atoms with Crippen molar-refractivity contribution in [3.8, 4) is 56.3 Å². The van der Waals surface area contributed by atoms with Crippen molar-refractivity contribution in [1.82, 2.24) is 15.0 Å². The van der Waals surface area contributed by atoms with Crippen LogP contribution < -0.4 is 0 Å². The fraction of sp³-hybridized carbons (Fsp3) is 0. The molecule has 55 heavy (non-hydrogen) atoms. The number of benzene rings is 8. The molecule has 0 unspecified atom stereocenters. The van der Waals surface area contributed by atoms with Crippen LogP contribution in [-0.2, 0) is 0 Å². The van der Waals surface area contributed by atoms with Gasteiger partial charge in [0.15, 0.2) is 5.82 Å². The van der Waals surface area contributed by atoms with E-state index >= 15 is 0 Å². The van der Waals surface area contributed by atoms with Crippen molar-refractivity contribution >= 4 is 54.4 Å². The topological polar surface area (TPSA) is 51.8 Å². The van der Waals surface area contributed by atoms with Crippen LogP contribution in [0.15, 0.2) is 192 Å². The van der Waals surface area contributed by atoms with Gasteiger partial charge in [0, 0.05) is 33.0 Å². The number of aromatic nitrogens is 3. The maximum Gasteiger partial charge on any atom is 0.228 e. The van der Waals surface area contributed by atoms with Crippen molar-refractivity contribution in [3.05, 3.63) is 188 Å². The molecular weight excluding hydrogens is 671 g/mol. The Hall–Kier alpha value is -7.43. The molecule has 4 heteroatoms. The highest BCUT2D eigenvalue weighted by atomic mass is 16.3. The van der Waals surface area contributed by atoms with E-state index in [-0.39, 0.29) is 0 Å². The van der Waals surface area contributed by atoms with Crippen molar-refractivity contribution in [2.45, 2.75) is 0 Å². The molecule has 4 nitrogen and oxygen atoms in total. The van der Waals surface area contributed by atoms with Gasteiger partial charge in [0.25, 0.3) is 0 Å². The van der Waals surface area contributed by atoms with Gasteiger partial charge in [-0.3, -0.25) is 0 Å². The lowest BCUT2D eigenvalue weighted by atomic mass is 9.90. The Bertz CT molecular complexity index is 3270. The van der Waals surface area contributed by atoms with Gasteiger partial charge in [-0.2, -0.15) is 0 Å². The minimum Gasteiger partial charge on any atom is -0.438 e. The molecular formula is C51H31N3O. The highest BCUT2D eigenvalue weighted by Crippen LogP contribution is 2.42. The van der Waals surface area contributed by atoms with E-state index in [0.717, 1.165) is 72.0 Å². The Morgan fingerprint density at radius 3 is 1.82 bits per heavy atom.